The van der Waals surface area contributed by atoms with Crippen LogP contribution in [0.1, 0.15) is 38.3 Å². The van der Waals surface area contributed by atoms with Gasteiger partial charge in [-0.05, 0) is 18.6 Å². The monoisotopic (exact) mass is 227 g/mol. The fourth-order valence-corrected chi connectivity index (χ4v) is 1.52. The van der Waals surface area contributed by atoms with Crippen LogP contribution in [0, 0.1) is 0 Å². The van der Waals surface area contributed by atoms with Gasteiger partial charge in [0.15, 0.2) is 0 Å². The van der Waals surface area contributed by atoms with Gasteiger partial charge in [-0.2, -0.15) is 0 Å². The second-order valence-electron chi connectivity index (χ2n) is 3.58. The normalized spacial score (nSPS) is 10.5. The van der Waals surface area contributed by atoms with E-state index in [0.717, 1.165) is 23.7 Å². The van der Waals surface area contributed by atoms with Crippen molar-refractivity contribution < 1.29 is 4.74 Å². The lowest BCUT2D eigenvalue weighted by Gasteiger charge is -2.03. The Morgan fingerprint density at radius 2 is 2.20 bits per heavy atom. The van der Waals surface area contributed by atoms with Crippen LogP contribution in [0.25, 0.3) is 0 Å². The molecule has 0 aliphatic carbocycles. The van der Waals surface area contributed by atoms with Gasteiger partial charge >= 0.3 is 0 Å². The van der Waals surface area contributed by atoms with Gasteiger partial charge in [-0.1, -0.05) is 37.8 Å². The highest BCUT2D eigenvalue weighted by Crippen LogP contribution is 2.09. The molecule has 0 saturated heterocycles. The maximum Gasteiger partial charge on any atom is 0.0888 e. The smallest absolute Gasteiger partial charge is 0.0888 e. The largest absolute Gasteiger partial charge is 0.375 e. The highest BCUT2D eigenvalue weighted by molar-refractivity contribution is 6.30. The highest BCUT2D eigenvalue weighted by Gasteiger charge is 1.95. The second kappa shape index (κ2) is 7.66. The number of halogens is 1. The molecule has 1 aromatic heterocycles. The molecule has 0 aromatic carbocycles. The molecular formula is C12H18ClNO. The summed E-state index contributed by atoms with van der Waals surface area (Å²) in [5.41, 5.74) is 0.901. The van der Waals surface area contributed by atoms with Crippen molar-refractivity contribution in [1.29, 1.82) is 0 Å². The van der Waals surface area contributed by atoms with Crippen molar-refractivity contribution in [2.24, 2.45) is 0 Å². The Morgan fingerprint density at radius 3 is 2.93 bits per heavy atom. The standard InChI is InChI=1S/C12H18ClNO/c1-2-3-4-5-8-15-10-12-9-11(13)6-7-14-12/h6-7,9H,2-5,8,10H2,1H3. The summed E-state index contributed by atoms with van der Waals surface area (Å²) in [4.78, 5) is 4.16. The molecule has 0 spiro atoms. The van der Waals surface area contributed by atoms with E-state index in [4.69, 9.17) is 16.3 Å². The van der Waals surface area contributed by atoms with E-state index >= 15 is 0 Å². The summed E-state index contributed by atoms with van der Waals surface area (Å²) < 4.78 is 5.50. The maximum absolute atomic E-state index is 5.83. The molecule has 0 atom stereocenters. The van der Waals surface area contributed by atoms with Crippen molar-refractivity contribution in [3.05, 3.63) is 29.0 Å². The Morgan fingerprint density at radius 1 is 1.33 bits per heavy atom. The first-order valence-corrected chi connectivity index (χ1v) is 5.89. The molecule has 0 aliphatic rings. The number of rotatable bonds is 7. The zero-order chi connectivity index (χ0) is 10.9. The van der Waals surface area contributed by atoms with Gasteiger partial charge in [-0.15, -0.1) is 0 Å². The van der Waals surface area contributed by atoms with Gasteiger partial charge < -0.3 is 4.74 Å². The predicted molar refractivity (Wildman–Crippen MR) is 63.0 cm³/mol. The molecule has 1 rings (SSSR count). The molecule has 84 valence electrons. The minimum Gasteiger partial charge on any atom is -0.375 e. The van der Waals surface area contributed by atoms with E-state index < -0.39 is 0 Å². The van der Waals surface area contributed by atoms with E-state index in [1.54, 1.807) is 12.3 Å². The third-order valence-electron chi connectivity index (χ3n) is 2.17. The van der Waals surface area contributed by atoms with Crippen LogP contribution >= 0.6 is 11.6 Å². The highest BCUT2D eigenvalue weighted by atomic mass is 35.5. The van der Waals surface area contributed by atoms with Crippen molar-refractivity contribution in [1.82, 2.24) is 4.98 Å². The SMILES string of the molecule is CCCCCCOCc1cc(Cl)ccn1. The molecule has 1 aromatic rings. The third kappa shape index (κ3) is 5.75. The number of unbranched alkanes of at least 4 members (excludes halogenated alkanes) is 3. The van der Waals surface area contributed by atoms with E-state index in [2.05, 4.69) is 11.9 Å². The second-order valence-corrected chi connectivity index (χ2v) is 4.02. The lowest BCUT2D eigenvalue weighted by atomic mass is 10.2. The van der Waals surface area contributed by atoms with E-state index in [1.807, 2.05) is 6.07 Å². The summed E-state index contributed by atoms with van der Waals surface area (Å²) >= 11 is 5.83. The average Bonchev–Trinajstić information content (AvgIpc) is 2.23. The van der Waals surface area contributed by atoms with Crippen LogP contribution in [0.5, 0.6) is 0 Å². The first-order chi connectivity index (χ1) is 7.33. The van der Waals surface area contributed by atoms with Gasteiger partial charge in [0.05, 0.1) is 12.3 Å². The Kier molecular flexibility index (Phi) is 6.37. The molecule has 0 radical (unpaired) electrons. The predicted octanol–water partition coefficient (Wildman–Crippen LogP) is 3.83. The number of ether oxygens (including phenoxy) is 1. The molecular weight excluding hydrogens is 210 g/mol. The van der Waals surface area contributed by atoms with E-state index in [9.17, 15) is 0 Å². The van der Waals surface area contributed by atoms with Crippen molar-refractivity contribution in [2.45, 2.75) is 39.2 Å². The van der Waals surface area contributed by atoms with Crippen LogP contribution in [-0.2, 0) is 11.3 Å². The Balaban J connectivity index is 2.10. The molecule has 0 aliphatic heterocycles. The van der Waals surface area contributed by atoms with Crippen LogP contribution in [0.2, 0.25) is 5.02 Å². The average molecular weight is 228 g/mol. The van der Waals surface area contributed by atoms with Gasteiger partial charge in [0, 0.05) is 17.8 Å². The summed E-state index contributed by atoms with van der Waals surface area (Å²) in [6.45, 7) is 3.58. The molecule has 0 N–H and O–H groups in total. The summed E-state index contributed by atoms with van der Waals surface area (Å²) in [7, 11) is 0. The number of hydrogen-bond donors (Lipinski definition) is 0. The van der Waals surface area contributed by atoms with E-state index in [0.29, 0.717) is 6.61 Å². The van der Waals surface area contributed by atoms with Crippen LogP contribution in [0.3, 0.4) is 0 Å². The summed E-state index contributed by atoms with van der Waals surface area (Å²) in [5.74, 6) is 0. The topological polar surface area (TPSA) is 22.1 Å². The molecule has 0 unspecified atom stereocenters. The van der Waals surface area contributed by atoms with Crippen molar-refractivity contribution in [3.8, 4) is 0 Å². The Labute approximate surface area is 96.6 Å². The summed E-state index contributed by atoms with van der Waals surface area (Å²) in [6, 6.07) is 3.61. The number of aromatic nitrogens is 1. The number of hydrogen-bond acceptors (Lipinski definition) is 2. The van der Waals surface area contributed by atoms with Crippen LogP contribution < -0.4 is 0 Å². The first-order valence-electron chi connectivity index (χ1n) is 5.51. The van der Waals surface area contributed by atoms with Crippen molar-refractivity contribution in [2.75, 3.05) is 6.61 Å². The van der Waals surface area contributed by atoms with Gasteiger partial charge in [0.1, 0.15) is 0 Å². The molecule has 1 heterocycles. The number of nitrogens with zero attached hydrogens (tertiary/aromatic N) is 1. The first kappa shape index (κ1) is 12.5. The summed E-state index contributed by atoms with van der Waals surface area (Å²) in [5, 5.41) is 0.717. The lowest BCUT2D eigenvalue weighted by Crippen LogP contribution is -1.97. The minimum absolute atomic E-state index is 0.562. The van der Waals surface area contributed by atoms with Crippen LogP contribution in [-0.4, -0.2) is 11.6 Å². The van der Waals surface area contributed by atoms with Gasteiger partial charge in [0.2, 0.25) is 0 Å². The zero-order valence-electron chi connectivity index (χ0n) is 9.21. The zero-order valence-corrected chi connectivity index (χ0v) is 9.96. The molecule has 0 amide bonds. The molecule has 0 bridgehead atoms. The van der Waals surface area contributed by atoms with Crippen LogP contribution in [0.15, 0.2) is 18.3 Å². The molecule has 0 fully saturated rings. The fraction of sp³-hybridized carbons (Fsp3) is 0.583. The molecule has 2 nitrogen and oxygen atoms in total. The van der Waals surface area contributed by atoms with Gasteiger partial charge in [0.25, 0.3) is 0 Å². The maximum atomic E-state index is 5.83. The van der Waals surface area contributed by atoms with Crippen molar-refractivity contribution in [3.63, 3.8) is 0 Å². The lowest BCUT2D eigenvalue weighted by molar-refractivity contribution is 0.114. The third-order valence-corrected chi connectivity index (χ3v) is 2.41. The van der Waals surface area contributed by atoms with Gasteiger partial charge in [-0.25, -0.2) is 0 Å². The quantitative estimate of drug-likeness (QED) is 0.661. The Hall–Kier alpha value is -0.600. The fourth-order valence-electron chi connectivity index (χ4n) is 1.34. The Bertz CT molecular complexity index is 278. The minimum atomic E-state index is 0.562. The molecule has 0 saturated carbocycles. The van der Waals surface area contributed by atoms with Crippen molar-refractivity contribution >= 4 is 11.6 Å². The van der Waals surface area contributed by atoms with E-state index in [1.165, 1.54) is 19.3 Å². The number of pyridine rings is 1. The summed E-state index contributed by atoms with van der Waals surface area (Å²) in [6.07, 6.45) is 6.64. The molecule has 15 heavy (non-hydrogen) atoms. The van der Waals surface area contributed by atoms with Crippen LogP contribution in [0.4, 0.5) is 0 Å². The van der Waals surface area contributed by atoms with E-state index in [-0.39, 0.29) is 0 Å². The molecule has 3 heteroatoms. The van der Waals surface area contributed by atoms with Gasteiger partial charge in [-0.3, -0.25) is 4.98 Å².